The minimum absolute atomic E-state index is 0.176. The second-order valence-electron chi connectivity index (χ2n) is 13.1. The molecule has 22 nitrogen and oxygen atoms in total. The molecule has 0 atom stereocenters. The molecule has 0 unspecified atom stereocenters. The highest BCUT2D eigenvalue weighted by Gasteiger charge is 2.23. The van der Waals surface area contributed by atoms with Crippen LogP contribution < -0.4 is 30.7 Å². The first kappa shape index (κ1) is 55.3. The highest BCUT2D eigenvalue weighted by Crippen LogP contribution is 2.24. The van der Waals surface area contributed by atoms with E-state index in [9.17, 15) is 28.8 Å². The SMILES string of the molecule is CCc1cc(OCC(=O)N(CC(=O)NCCOCCOC)CC(=O)NCCOCCOC)cc(OCC(=O)N(CC(=O)NCCOCCOC)CC(=O)NCCOCCOC)c1. The third-order valence-corrected chi connectivity index (χ3v) is 8.12. The number of hydrogen-bond acceptors (Lipinski definition) is 16. The van der Waals surface area contributed by atoms with E-state index in [-0.39, 0.29) is 64.1 Å². The summed E-state index contributed by atoms with van der Waals surface area (Å²) in [6.45, 7) is 3.66. The van der Waals surface area contributed by atoms with Crippen molar-refractivity contribution in [1.82, 2.24) is 31.1 Å². The van der Waals surface area contributed by atoms with E-state index in [0.29, 0.717) is 59.3 Å². The van der Waals surface area contributed by atoms with E-state index in [0.717, 1.165) is 15.4 Å². The molecular weight excluding hydrogens is 820 g/mol. The number of ether oxygens (including phenoxy) is 10. The minimum Gasteiger partial charge on any atom is -0.484 e. The van der Waals surface area contributed by atoms with Gasteiger partial charge in [0.15, 0.2) is 13.2 Å². The van der Waals surface area contributed by atoms with Crippen molar-refractivity contribution in [3.63, 3.8) is 0 Å². The van der Waals surface area contributed by atoms with Crippen LogP contribution in [-0.2, 0) is 73.1 Å². The quantitative estimate of drug-likeness (QED) is 0.0512. The van der Waals surface area contributed by atoms with E-state index in [1.54, 1.807) is 40.6 Å². The van der Waals surface area contributed by atoms with Crippen LogP contribution in [0.25, 0.3) is 0 Å². The van der Waals surface area contributed by atoms with Crippen molar-refractivity contribution in [2.45, 2.75) is 13.3 Å². The molecule has 0 aromatic heterocycles. The molecule has 4 N–H and O–H groups in total. The van der Waals surface area contributed by atoms with Crippen LogP contribution in [0.2, 0.25) is 0 Å². The summed E-state index contributed by atoms with van der Waals surface area (Å²) in [5.41, 5.74) is 0.740. The molecule has 1 aromatic rings. The van der Waals surface area contributed by atoms with Crippen molar-refractivity contribution >= 4 is 35.4 Å². The lowest BCUT2D eigenvalue weighted by atomic mass is 10.1. The Morgan fingerprint density at radius 3 is 0.984 bits per heavy atom. The molecule has 62 heavy (non-hydrogen) atoms. The summed E-state index contributed by atoms with van der Waals surface area (Å²) in [5.74, 6) is -2.93. The van der Waals surface area contributed by atoms with Crippen LogP contribution in [0.15, 0.2) is 18.2 Å². The van der Waals surface area contributed by atoms with Crippen molar-refractivity contribution in [3.8, 4) is 11.5 Å². The maximum absolute atomic E-state index is 13.4. The van der Waals surface area contributed by atoms with Crippen LogP contribution >= 0.6 is 0 Å². The summed E-state index contributed by atoms with van der Waals surface area (Å²) in [6.07, 6.45) is 0.531. The van der Waals surface area contributed by atoms with Gasteiger partial charge >= 0.3 is 0 Å². The van der Waals surface area contributed by atoms with Gasteiger partial charge in [0, 0.05) is 60.7 Å². The zero-order valence-electron chi connectivity index (χ0n) is 36.9. The smallest absolute Gasteiger partial charge is 0.261 e. The second-order valence-corrected chi connectivity index (χ2v) is 13.1. The number of rotatable bonds is 39. The predicted molar refractivity (Wildman–Crippen MR) is 223 cm³/mol. The molecule has 0 aliphatic rings. The molecule has 0 aliphatic carbocycles. The molecular formula is C40H68N6O16. The molecule has 22 heteroatoms. The fourth-order valence-electron chi connectivity index (χ4n) is 4.88. The van der Waals surface area contributed by atoms with Gasteiger partial charge in [0.05, 0.1) is 79.3 Å². The number of nitrogens with zero attached hydrogens (tertiary/aromatic N) is 2. The van der Waals surface area contributed by atoms with Crippen LogP contribution in [0.3, 0.4) is 0 Å². The first-order valence-electron chi connectivity index (χ1n) is 20.3. The van der Waals surface area contributed by atoms with Crippen LogP contribution in [0.4, 0.5) is 0 Å². The van der Waals surface area contributed by atoms with Crippen LogP contribution in [-0.4, -0.2) is 219 Å². The molecule has 0 heterocycles. The molecule has 0 spiro atoms. The van der Waals surface area contributed by atoms with E-state index in [4.69, 9.17) is 47.4 Å². The molecule has 354 valence electrons. The van der Waals surface area contributed by atoms with E-state index in [1.807, 2.05) is 6.92 Å². The first-order valence-corrected chi connectivity index (χ1v) is 20.3. The van der Waals surface area contributed by atoms with Crippen molar-refractivity contribution < 1.29 is 76.1 Å². The van der Waals surface area contributed by atoms with Gasteiger partial charge in [0.25, 0.3) is 11.8 Å². The van der Waals surface area contributed by atoms with Crippen molar-refractivity contribution in [3.05, 3.63) is 23.8 Å². The third kappa shape index (κ3) is 28.8. The molecule has 6 amide bonds. The fraction of sp³-hybridized carbons (Fsp3) is 0.700. The number of hydrogen-bond donors (Lipinski definition) is 4. The Kier molecular flexibility index (Phi) is 33.0. The lowest BCUT2D eigenvalue weighted by Gasteiger charge is -2.23. The zero-order chi connectivity index (χ0) is 45.6. The van der Waals surface area contributed by atoms with Crippen LogP contribution in [0.1, 0.15) is 12.5 Å². The summed E-state index contributed by atoms with van der Waals surface area (Å²) in [6, 6.07) is 4.82. The Balaban J connectivity index is 2.99. The van der Waals surface area contributed by atoms with Gasteiger partial charge in [-0.1, -0.05) is 6.92 Å². The average Bonchev–Trinajstić information content (AvgIpc) is 3.26. The summed E-state index contributed by atoms with van der Waals surface area (Å²) >= 11 is 0. The van der Waals surface area contributed by atoms with Gasteiger partial charge in [-0.15, -0.1) is 0 Å². The van der Waals surface area contributed by atoms with Crippen molar-refractivity contribution in [2.75, 3.05) is 173 Å². The number of amides is 6. The van der Waals surface area contributed by atoms with Gasteiger partial charge < -0.3 is 78.4 Å². The maximum atomic E-state index is 13.4. The van der Waals surface area contributed by atoms with Crippen LogP contribution in [0, 0.1) is 0 Å². The Hall–Kier alpha value is -4.68. The molecule has 1 rings (SSSR count). The number of carbonyl (C=O) groups is 6. The van der Waals surface area contributed by atoms with Gasteiger partial charge in [-0.3, -0.25) is 28.8 Å². The number of aryl methyl sites for hydroxylation is 1. The number of methoxy groups -OCH3 is 4. The van der Waals surface area contributed by atoms with Crippen molar-refractivity contribution in [1.29, 1.82) is 0 Å². The second kappa shape index (κ2) is 36.9. The summed E-state index contributed by atoms with van der Waals surface area (Å²) in [5, 5.41) is 10.6. The van der Waals surface area contributed by atoms with E-state index < -0.39 is 74.8 Å². The van der Waals surface area contributed by atoms with Gasteiger partial charge in [0.2, 0.25) is 23.6 Å². The largest absolute Gasteiger partial charge is 0.484 e. The predicted octanol–water partition coefficient (Wildman–Crippen LogP) is -2.22. The Bertz CT molecular complexity index is 1270. The van der Waals surface area contributed by atoms with Gasteiger partial charge in [-0.25, -0.2) is 0 Å². The highest BCUT2D eigenvalue weighted by atomic mass is 16.5. The van der Waals surface area contributed by atoms with Gasteiger partial charge in [-0.2, -0.15) is 0 Å². The molecule has 0 saturated carbocycles. The highest BCUT2D eigenvalue weighted by molar-refractivity contribution is 5.90. The Labute approximate surface area is 364 Å². The molecule has 0 aliphatic heterocycles. The van der Waals surface area contributed by atoms with Crippen molar-refractivity contribution in [2.24, 2.45) is 0 Å². The third-order valence-electron chi connectivity index (χ3n) is 8.12. The lowest BCUT2D eigenvalue weighted by Crippen LogP contribution is -2.48. The first-order chi connectivity index (χ1) is 30.1. The molecule has 1 aromatic carbocycles. The van der Waals surface area contributed by atoms with E-state index in [2.05, 4.69) is 21.3 Å². The van der Waals surface area contributed by atoms with Crippen LogP contribution in [0.5, 0.6) is 11.5 Å². The van der Waals surface area contributed by atoms with E-state index >= 15 is 0 Å². The zero-order valence-corrected chi connectivity index (χ0v) is 36.9. The number of nitrogens with one attached hydrogen (secondary N) is 4. The average molecular weight is 889 g/mol. The standard InChI is InChI=1S/C40H68N6O16/c1-6-32-23-33(61-30-39(51)45(26-35(47)41-7-11-57-19-15-53-2)27-36(48)42-8-12-58-20-16-54-3)25-34(24-32)62-31-40(52)46(28-37(49)43-9-13-59-21-17-55-4)29-38(50)44-10-14-60-22-18-56-5/h23-25H,6-22,26-31H2,1-5H3,(H,41,47)(H,42,48)(H,43,49)(H,44,50). The monoisotopic (exact) mass is 888 g/mol. The summed E-state index contributed by atoms with van der Waals surface area (Å²) < 4.78 is 52.8. The Morgan fingerprint density at radius 2 is 0.726 bits per heavy atom. The topological polar surface area (TPSA) is 249 Å². The molecule has 0 radical (unpaired) electrons. The van der Waals surface area contributed by atoms with Gasteiger partial charge in [-0.05, 0) is 24.1 Å². The summed E-state index contributed by atoms with van der Waals surface area (Å²) in [4.78, 5) is 80.1. The normalized spacial score (nSPS) is 10.8. The Morgan fingerprint density at radius 1 is 0.435 bits per heavy atom. The summed E-state index contributed by atoms with van der Waals surface area (Å²) in [7, 11) is 6.18. The molecule has 0 fully saturated rings. The number of benzene rings is 1. The minimum atomic E-state index is -0.655. The molecule has 0 bridgehead atoms. The van der Waals surface area contributed by atoms with Gasteiger partial charge in [0.1, 0.15) is 37.7 Å². The number of carbonyl (C=O) groups excluding carboxylic acids is 6. The fourth-order valence-corrected chi connectivity index (χ4v) is 4.88. The maximum Gasteiger partial charge on any atom is 0.261 e. The van der Waals surface area contributed by atoms with E-state index in [1.165, 1.54) is 6.07 Å². The lowest BCUT2D eigenvalue weighted by molar-refractivity contribution is -0.141. The molecule has 0 saturated heterocycles.